The Kier molecular flexibility index (Phi) is 7.21. The molecule has 9 aromatic carbocycles. The Hall–Kier alpha value is -8.35. The third kappa shape index (κ3) is 5.26. The highest BCUT2D eigenvalue weighted by molar-refractivity contribution is 6.14. The molecule has 0 aliphatic rings. The zero-order valence-corrected chi connectivity index (χ0v) is 32.6. The van der Waals surface area contributed by atoms with Crippen LogP contribution in [0.3, 0.4) is 0 Å². The highest BCUT2D eigenvalue weighted by Crippen LogP contribution is 2.43. The summed E-state index contributed by atoms with van der Waals surface area (Å²) in [5.41, 5.74) is 11.1. The standard InChI is InChI=1S/C55H32N4O2/c1-2-13-33(14-3-1)53-56-54(36-25-28-51-46(30-36)40-19-8-10-23-49(40)60-51)58-55(57-53)43-27-26-37(32-44(43)42-21-12-20-41-39-18-7-11-24-50(39)61-52(41)42)59-47-22-9-6-17-38(47)45-29-34-15-4-5-16-35(34)31-48(45)59/h1-32H. The first-order valence-electron chi connectivity index (χ1n) is 20.4. The molecular formula is C55H32N4O2. The lowest BCUT2D eigenvalue weighted by atomic mass is 9.96. The van der Waals surface area contributed by atoms with Crippen LogP contribution in [0.5, 0.6) is 0 Å². The molecule has 13 aromatic rings. The van der Waals surface area contributed by atoms with Gasteiger partial charge in [-0.1, -0.05) is 127 Å². The van der Waals surface area contributed by atoms with Crippen LogP contribution in [-0.4, -0.2) is 19.5 Å². The lowest BCUT2D eigenvalue weighted by Crippen LogP contribution is -2.02. The van der Waals surface area contributed by atoms with E-state index in [4.69, 9.17) is 23.8 Å². The smallest absolute Gasteiger partial charge is 0.164 e. The number of nitrogens with zero attached hydrogens (tertiary/aromatic N) is 4. The molecule has 0 amide bonds. The van der Waals surface area contributed by atoms with Crippen molar-refractivity contribution in [3.8, 4) is 51.0 Å². The van der Waals surface area contributed by atoms with Crippen molar-refractivity contribution in [3.63, 3.8) is 0 Å². The molecule has 0 saturated carbocycles. The number of hydrogen-bond donors (Lipinski definition) is 0. The molecule has 13 rings (SSSR count). The normalized spacial score (nSPS) is 11.9. The number of rotatable bonds is 5. The highest BCUT2D eigenvalue weighted by atomic mass is 16.3. The molecule has 0 unspecified atom stereocenters. The lowest BCUT2D eigenvalue weighted by molar-refractivity contribution is 0.669. The van der Waals surface area contributed by atoms with Crippen molar-refractivity contribution in [2.24, 2.45) is 0 Å². The van der Waals surface area contributed by atoms with Crippen molar-refractivity contribution in [1.82, 2.24) is 19.5 Å². The number of aromatic nitrogens is 4. The third-order valence-corrected chi connectivity index (χ3v) is 12.0. The van der Waals surface area contributed by atoms with Crippen LogP contribution >= 0.6 is 0 Å². The second-order valence-electron chi connectivity index (χ2n) is 15.6. The first-order valence-corrected chi connectivity index (χ1v) is 20.4. The van der Waals surface area contributed by atoms with E-state index in [2.05, 4.69) is 126 Å². The van der Waals surface area contributed by atoms with Crippen LogP contribution in [0.1, 0.15) is 0 Å². The Morgan fingerprint density at radius 1 is 0.328 bits per heavy atom. The second kappa shape index (κ2) is 13.1. The fraction of sp³-hybridized carbons (Fsp3) is 0. The van der Waals surface area contributed by atoms with Gasteiger partial charge in [-0.15, -0.1) is 0 Å². The molecule has 0 radical (unpaired) electrons. The molecule has 0 saturated heterocycles. The molecule has 4 aromatic heterocycles. The molecular weight excluding hydrogens is 749 g/mol. The number of hydrogen-bond acceptors (Lipinski definition) is 5. The van der Waals surface area contributed by atoms with Crippen molar-refractivity contribution in [2.75, 3.05) is 0 Å². The van der Waals surface area contributed by atoms with Gasteiger partial charge in [0.05, 0.1) is 11.0 Å². The van der Waals surface area contributed by atoms with Gasteiger partial charge in [0, 0.05) is 60.3 Å². The van der Waals surface area contributed by atoms with Crippen LogP contribution in [0.25, 0.3) is 127 Å². The van der Waals surface area contributed by atoms with Crippen LogP contribution in [0.2, 0.25) is 0 Å². The molecule has 61 heavy (non-hydrogen) atoms. The molecule has 0 atom stereocenters. The highest BCUT2D eigenvalue weighted by Gasteiger charge is 2.22. The Morgan fingerprint density at radius 2 is 0.967 bits per heavy atom. The van der Waals surface area contributed by atoms with Crippen LogP contribution < -0.4 is 0 Å². The maximum Gasteiger partial charge on any atom is 0.164 e. The maximum atomic E-state index is 6.73. The first-order chi connectivity index (χ1) is 30.2. The van der Waals surface area contributed by atoms with E-state index < -0.39 is 0 Å². The monoisotopic (exact) mass is 780 g/mol. The van der Waals surface area contributed by atoms with Crippen molar-refractivity contribution >= 4 is 76.5 Å². The van der Waals surface area contributed by atoms with Crippen molar-refractivity contribution in [2.45, 2.75) is 0 Å². The van der Waals surface area contributed by atoms with E-state index in [0.717, 1.165) is 88.4 Å². The van der Waals surface area contributed by atoms with Crippen molar-refractivity contribution < 1.29 is 8.83 Å². The Bertz CT molecular complexity index is 3900. The summed E-state index contributed by atoms with van der Waals surface area (Å²) < 4.78 is 15.3. The van der Waals surface area contributed by atoms with Crippen LogP contribution in [-0.2, 0) is 0 Å². The molecule has 0 fully saturated rings. The summed E-state index contributed by atoms with van der Waals surface area (Å²) in [4.78, 5) is 15.7. The molecule has 0 aliphatic carbocycles. The van der Waals surface area contributed by atoms with Crippen LogP contribution in [0, 0.1) is 0 Å². The topological polar surface area (TPSA) is 69.9 Å². The molecule has 284 valence electrons. The number of benzene rings is 9. The summed E-state index contributed by atoms with van der Waals surface area (Å²) in [7, 11) is 0. The van der Waals surface area contributed by atoms with E-state index in [9.17, 15) is 0 Å². The van der Waals surface area contributed by atoms with Crippen molar-refractivity contribution in [3.05, 3.63) is 194 Å². The molecule has 0 spiro atoms. The van der Waals surface area contributed by atoms with Crippen LogP contribution in [0.15, 0.2) is 203 Å². The predicted octanol–water partition coefficient (Wildman–Crippen LogP) is 14.6. The summed E-state index contributed by atoms with van der Waals surface area (Å²) in [6.45, 7) is 0. The van der Waals surface area contributed by atoms with Gasteiger partial charge in [-0.25, -0.2) is 15.0 Å². The van der Waals surface area contributed by atoms with E-state index in [-0.39, 0.29) is 0 Å². The fourth-order valence-electron chi connectivity index (χ4n) is 9.19. The summed E-state index contributed by atoms with van der Waals surface area (Å²) in [5.74, 6) is 1.72. The number of fused-ring (bicyclic) bond motifs is 10. The van der Waals surface area contributed by atoms with E-state index in [1.54, 1.807) is 0 Å². The molecule has 4 heterocycles. The quantitative estimate of drug-likeness (QED) is 0.174. The number of para-hydroxylation sites is 4. The third-order valence-electron chi connectivity index (χ3n) is 12.0. The van der Waals surface area contributed by atoms with Gasteiger partial charge in [0.25, 0.3) is 0 Å². The molecule has 0 bridgehead atoms. The fourth-order valence-corrected chi connectivity index (χ4v) is 9.19. The van der Waals surface area contributed by atoms with Gasteiger partial charge >= 0.3 is 0 Å². The molecule has 0 N–H and O–H groups in total. The summed E-state index contributed by atoms with van der Waals surface area (Å²) in [5, 5.41) is 8.99. The maximum absolute atomic E-state index is 6.73. The summed E-state index contributed by atoms with van der Waals surface area (Å²) >= 11 is 0. The minimum absolute atomic E-state index is 0.559. The lowest BCUT2D eigenvalue weighted by Gasteiger charge is -2.16. The van der Waals surface area contributed by atoms with Crippen molar-refractivity contribution in [1.29, 1.82) is 0 Å². The number of furan rings is 2. The Labute approximate surface area is 348 Å². The van der Waals surface area contributed by atoms with E-state index in [1.165, 1.54) is 21.5 Å². The van der Waals surface area contributed by atoms with Gasteiger partial charge in [0.15, 0.2) is 17.5 Å². The average molecular weight is 781 g/mol. The van der Waals surface area contributed by atoms with E-state index >= 15 is 0 Å². The molecule has 6 nitrogen and oxygen atoms in total. The van der Waals surface area contributed by atoms with E-state index in [1.807, 2.05) is 72.8 Å². The van der Waals surface area contributed by atoms with Crippen LogP contribution in [0.4, 0.5) is 0 Å². The zero-order chi connectivity index (χ0) is 40.0. The Balaban J connectivity index is 1.10. The predicted molar refractivity (Wildman–Crippen MR) is 248 cm³/mol. The zero-order valence-electron chi connectivity index (χ0n) is 32.6. The van der Waals surface area contributed by atoms with Gasteiger partial charge < -0.3 is 13.4 Å². The van der Waals surface area contributed by atoms with E-state index in [0.29, 0.717) is 17.5 Å². The van der Waals surface area contributed by atoms with Gasteiger partial charge in [0.1, 0.15) is 22.3 Å². The minimum Gasteiger partial charge on any atom is -0.456 e. The summed E-state index contributed by atoms with van der Waals surface area (Å²) in [6.07, 6.45) is 0. The van der Waals surface area contributed by atoms with Gasteiger partial charge in [-0.2, -0.15) is 0 Å². The average Bonchev–Trinajstić information content (AvgIpc) is 4.00. The minimum atomic E-state index is 0.559. The SMILES string of the molecule is c1ccc(-c2nc(-c3ccc4oc5ccccc5c4c3)nc(-c3ccc(-n4c5ccccc5c5cc6ccccc6cc54)cc3-c3cccc4c3oc3ccccc34)n2)cc1. The summed E-state index contributed by atoms with van der Waals surface area (Å²) in [6, 6.07) is 67.5. The Morgan fingerprint density at radius 3 is 1.80 bits per heavy atom. The van der Waals surface area contributed by atoms with Gasteiger partial charge in [-0.3, -0.25) is 0 Å². The molecule has 6 heteroatoms. The van der Waals surface area contributed by atoms with Gasteiger partial charge in [0.2, 0.25) is 0 Å². The second-order valence-corrected chi connectivity index (χ2v) is 15.6. The molecule has 0 aliphatic heterocycles. The largest absolute Gasteiger partial charge is 0.456 e. The van der Waals surface area contributed by atoms with Gasteiger partial charge in [-0.05, 0) is 83.1 Å². The first kappa shape index (κ1) is 33.6.